The number of furan rings is 1. The minimum absolute atomic E-state index is 0.0112. The summed E-state index contributed by atoms with van der Waals surface area (Å²) in [4.78, 5) is 53.9. The van der Waals surface area contributed by atoms with Gasteiger partial charge in [0.2, 0.25) is 5.91 Å². The van der Waals surface area contributed by atoms with Gasteiger partial charge in [-0.05, 0) is 42.8 Å². The number of amides is 3. The van der Waals surface area contributed by atoms with Gasteiger partial charge in [0.15, 0.2) is 5.69 Å². The summed E-state index contributed by atoms with van der Waals surface area (Å²) in [6.07, 6.45) is 2.77. The number of rotatable bonds is 11. The lowest BCUT2D eigenvalue weighted by atomic mass is 10.2. The van der Waals surface area contributed by atoms with E-state index in [9.17, 15) is 19.2 Å². The fraction of sp³-hybridized carbons (Fsp3) is 0.333. The minimum atomic E-state index is -0.782. The normalized spacial score (nSPS) is 10.6. The van der Waals surface area contributed by atoms with Crippen molar-refractivity contribution in [1.82, 2.24) is 14.9 Å². The van der Waals surface area contributed by atoms with Gasteiger partial charge in [0.1, 0.15) is 17.3 Å². The van der Waals surface area contributed by atoms with Crippen LogP contribution in [-0.4, -0.2) is 35.1 Å². The summed E-state index contributed by atoms with van der Waals surface area (Å²) in [7, 11) is 1.54. The summed E-state index contributed by atoms with van der Waals surface area (Å²) < 4.78 is 11.7. The molecule has 0 aliphatic carbocycles. The number of H-pyrrole nitrogens is 1. The van der Waals surface area contributed by atoms with Crippen molar-refractivity contribution >= 4 is 29.1 Å². The first kappa shape index (κ1) is 26.1. The zero-order valence-electron chi connectivity index (χ0n) is 20.2. The van der Waals surface area contributed by atoms with Gasteiger partial charge in [-0.1, -0.05) is 13.3 Å². The summed E-state index contributed by atoms with van der Waals surface area (Å²) in [5.41, 5.74) is 5.19. The van der Waals surface area contributed by atoms with Gasteiger partial charge in [-0.2, -0.15) is 0 Å². The summed E-state index contributed by atoms with van der Waals surface area (Å²) >= 11 is 0. The van der Waals surface area contributed by atoms with Gasteiger partial charge in [0, 0.05) is 25.2 Å². The molecule has 0 aliphatic heterocycles. The van der Waals surface area contributed by atoms with Crippen LogP contribution in [0.4, 0.5) is 22.0 Å². The standard InChI is InChI=1S/C24H30N6O6/c1-3-4-13-29-21(25)20(22(32)28-24(29)34)30(15-18-6-5-14-36-18)19(31)11-12-26-23(33)27-16-7-9-17(35-2)10-8-16/h5-10,14H,3-4,11-13,15,25H2,1-2H3,(H2,26,27,33)(H,28,32,34). The van der Waals surface area contributed by atoms with E-state index in [-0.39, 0.29) is 31.0 Å². The molecule has 0 aliphatic rings. The average Bonchev–Trinajstić information content (AvgIpc) is 3.37. The number of aromatic nitrogens is 2. The van der Waals surface area contributed by atoms with Crippen LogP contribution in [0.1, 0.15) is 31.9 Å². The number of ether oxygens (including phenoxy) is 1. The van der Waals surface area contributed by atoms with Crippen LogP contribution in [-0.2, 0) is 17.9 Å². The second-order valence-electron chi connectivity index (χ2n) is 7.92. The number of nitrogens with zero attached hydrogens (tertiary/aromatic N) is 2. The van der Waals surface area contributed by atoms with Crippen molar-refractivity contribution in [1.29, 1.82) is 0 Å². The predicted octanol–water partition coefficient (Wildman–Crippen LogP) is 2.27. The Labute approximate surface area is 207 Å². The van der Waals surface area contributed by atoms with Crippen molar-refractivity contribution in [2.45, 2.75) is 39.3 Å². The molecule has 0 atom stereocenters. The lowest BCUT2D eigenvalue weighted by Crippen LogP contribution is -2.42. The lowest BCUT2D eigenvalue weighted by molar-refractivity contribution is -0.118. The maximum atomic E-state index is 13.2. The summed E-state index contributed by atoms with van der Waals surface area (Å²) in [5.74, 6) is 0.466. The molecule has 0 spiro atoms. The highest BCUT2D eigenvalue weighted by molar-refractivity contribution is 5.96. The van der Waals surface area contributed by atoms with E-state index in [0.717, 1.165) is 11.3 Å². The van der Waals surface area contributed by atoms with Crippen molar-refractivity contribution < 1.29 is 18.7 Å². The molecule has 0 fully saturated rings. The first-order valence-corrected chi connectivity index (χ1v) is 11.5. The number of urea groups is 1. The zero-order chi connectivity index (χ0) is 26.1. The Balaban J connectivity index is 1.74. The van der Waals surface area contributed by atoms with Gasteiger partial charge in [-0.15, -0.1) is 0 Å². The number of aromatic amines is 1. The molecular formula is C24H30N6O6. The third-order valence-electron chi connectivity index (χ3n) is 5.39. The van der Waals surface area contributed by atoms with Crippen LogP contribution >= 0.6 is 0 Å². The number of methoxy groups -OCH3 is 1. The van der Waals surface area contributed by atoms with Crippen molar-refractivity contribution in [2.75, 3.05) is 29.6 Å². The summed E-state index contributed by atoms with van der Waals surface area (Å²) in [5, 5.41) is 5.27. The van der Waals surface area contributed by atoms with Crippen molar-refractivity contribution in [3.8, 4) is 5.75 Å². The first-order valence-electron chi connectivity index (χ1n) is 11.5. The predicted molar refractivity (Wildman–Crippen MR) is 135 cm³/mol. The van der Waals surface area contributed by atoms with E-state index in [0.29, 0.717) is 30.2 Å². The van der Waals surface area contributed by atoms with E-state index in [1.54, 1.807) is 43.5 Å². The molecule has 3 aromatic rings. The van der Waals surface area contributed by atoms with Gasteiger partial charge in [0.05, 0.1) is 19.9 Å². The molecular weight excluding hydrogens is 468 g/mol. The van der Waals surface area contributed by atoms with Crippen LogP contribution in [0.3, 0.4) is 0 Å². The van der Waals surface area contributed by atoms with Crippen LogP contribution in [0.15, 0.2) is 56.7 Å². The molecule has 1 aromatic carbocycles. The van der Waals surface area contributed by atoms with Crippen molar-refractivity contribution in [3.05, 3.63) is 69.3 Å². The SMILES string of the molecule is CCCCn1c(N)c(N(Cc2ccco2)C(=O)CCNC(=O)Nc2ccc(OC)cc2)c(=O)[nH]c1=O. The first-order chi connectivity index (χ1) is 17.3. The molecule has 0 radical (unpaired) electrons. The number of unbranched alkanes of at least 4 members (excludes halogenated alkanes) is 1. The molecule has 36 heavy (non-hydrogen) atoms. The Morgan fingerprint density at radius 2 is 1.94 bits per heavy atom. The number of anilines is 3. The fourth-order valence-corrected chi connectivity index (χ4v) is 3.49. The molecule has 2 heterocycles. The molecule has 5 N–H and O–H groups in total. The summed E-state index contributed by atoms with van der Waals surface area (Å²) in [6.45, 7) is 2.16. The molecule has 0 bridgehead atoms. The Kier molecular flexibility index (Phi) is 8.92. The molecule has 2 aromatic heterocycles. The number of nitrogen functional groups attached to an aromatic ring is 1. The maximum absolute atomic E-state index is 13.2. The number of hydrogen-bond acceptors (Lipinski definition) is 7. The number of hydrogen-bond donors (Lipinski definition) is 4. The number of carbonyl (C=O) groups excluding carboxylic acids is 2. The zero-order valence-corrected chi connectivity index (χ0v) is 20.2. The fourth-order valence-electron chi connectivity index (χ4n) is 3.49. The van der Waals surface area contributed by atoms with E-state index in [1.807, 2.05) is 6.92 Å². The third-order valence-corrected chi connectivity index (χ3v) is 5.39. The second kappa shape index (κ2) is 12.3. The van der Waals surface area contributed by atoms with Crippen molar-refractivity contribution in [2.24, 2.45) is 0 Å². The van der Waals surface area contributed by atoms with E-state index < -0.39 is 23.2 Å². The molecule has 12 heteroatoms. The van der Waals surface area contributed by atoms with E-state index in [4.69, 9.17) is 14.9 Å². The van der Waals surface area contributed by atoms with Gasteiger partial charge < -0.3 is 25.5 Å². The van der Waals surface area contributed by atoms with Crippen LogP contribution in [0, 0.1) is 0 Å². The Bertz CT molecular complexity index is 1280. The quantitative estimate of drug-likeness (QED) is 0.315. The highest BCUT2D eigenvalue weighted by Gasteiger charge is 2.25. The molecule has 0 unspecified atom stereocenters. The third kappa shape index (κ3) is 6.56. The van der Waals surface area contributed by atoms with Gasteiger partial charge >= 0.3 is 11.7 Å². The van der Waals surface area contributed by atoms with E-state index in [2.05, 4.69) is 15.6 Å². The number of benzene rings is 1. The van der Waals surface area contributed by atoms with Crippen LogP contribution in [0.5, 0.6) is 5.75 Å². The number of carbonyl (C=O) groups is 2. The largest absolute Gasteiger partial charge is 0.497 e. The average molecular weight is 499 g/mol. The number of nitrogens with two attached hydrogens (primary N) is 1. The Morgan fingerprint density at radius 3 is 2.58 bits per heavy atom. The number of nitrogens with one attached hydrogen (secondary N) is 3. The van der Waals surface area contributed by atoms with Crippen molar-refractivity contribution in [3.63, 3.8) is 0 Å². The van der Waals surface area contributed by atoms with Crippen LogP contribution in [0.2, 0.25) is 0 Å². The van der Waals surface area contributed by atoms with Gasteiger partial charge in [0.25, 0.3) is 5.56 Å². The molecule has 12 nitrogen and oxygen atoms in total. The van der Waals surface area contributed by atoms with E-state index >= 15 is 0 Å². The molecule has 0 saturated carbocycles. The molecule has 3 amide bonds. The monoisotopic (exact) mass is 498 g/mol. The topological polar surface area (TPSA) is 165 Å². The minimum Gasteiger partial charge on any atom is -0.497 e. The van der Waals surface area contributed by atoms with Gasteiger partial charge in [-0.3, -0.25) is 24.0 Å². The highest BCUT2D eigenvalue weighted by Crippen LogP contribution is 2.21. The van der Waals surface area contributed by atoms with Crippen LogP contribution < -0.4 is 37.3 Å². The summed E-state index contributed by atoms with van der Waals surface area (Å²) in [6, 6.07) is 9.56. The second-order valence-corrected chi connectivity index (χ2v) is 7.92. The highest BCUT2D eigenvalue weighted by atomic mass is 16.5. The van der Waals surface area contributed by atoms with E-state index in [1.165, 1.54) is 10.8 Å². The smallest absolute Gasteiger partial charge is 0.330 e. The lowest BCUT2D eigenvalue weighted by Gasteiger charge is -2.24. The molecule has 192 valence electrons. The van der Waals surface area contributed by atoms with Crippen LogP contribution in [0.25, 0.3) is 0 Å². The Morgan fingerprint density at radius 1 is 1.19 bits per heavy atom. The van der Waals surface area contributed by atoms with Gasteiger partial charge in [-0.25, -0.2) is 9.59 Å². The molecule has 0 saturated heterocycles. The Hall–Kier alpha value is -4.48. The maximum Gasteiger partial charge on any atom is 0.330 e. The molecule has 3 rings (SSSR count).